The van der Waals surface area contributed by atoms with Crippen LogP contribution in [0.5, 0.6) is 0 Å². The number of carbonyl (C=O) groups is 1. The number of carbonyl (C=O) groups excluding carboxylic acids is 1. The first kappa shape index (κ1) is 18.2. The van der Waals surface area contributed by atoms with Crippen LogP contribution in [0.25, 0.3) is 0 Å². The average Bonchev–Trinajstić information content (AvgIpc) is 2.77. The zero-order valence-corrected chi connectivity index (χ0v) is 14.5. The molecule has 0 spiro atoms. The molecule has 0 aliphatic carbocycles. The second-order valence-electron chi connectivity index (χ2n) is 7.74. The van der Waals surface area contributed by atoms with E-state index in [1.165, 1.54) is 0 Å². The SMILES string of the molecule is CC(C)(C)OC(=O)N(CCNCC1CCOC1)C(C)(C)C. The molecule has 1 atom stereocenters. The minimum Gasteiger partial charge on any atom is -0.444 e. The van der Waals surface area contributed by atoms with Crippen LogP contribution in [0.1, 0.15) is 48.0 Å². The molecule has 0 bridgehead atoms. The molecule has 1 heterocycles. The van der Waals surface area contributed by atoms with Crippen molar-refractivity contribution < 1.29 is 14.3 Å². The maximum Gasteiger partial charge on any atom is 0.410 e. The monoisotopic (exact) mass is 300 g/mol. The van der Waals surface area contributed by atoms with Gasteiger partial charge < -0.3 is 19.7 Å². The summed E-state index contributed by atoms with van der Waals surface area (Å²) in [6.45, 7) is 15.9. The fourth-order valence-electron chi connectivity index (χ4n) is 2.26. The van der Waals surface area contributed by atoms with Gasteiger partial charge in [-0.05, 0) is 53.9 Å². The van der Waals surface area contributed by atoms with Crippen molar-refractivity contribution in [3.05, 3.63) is 0 Å². The van der Waals surface area contributed by atoms with Gasteiger partial charge in [-0.3, -0.25) is 0 Å². The van der Waals surface area contributed by atoms with Crippen molar-refractivity contribution in [1.29, 1.82) is 0 Å². The number of hydrogen-bond donors (Lipinski definition) is 1. The molecule has 0 aromatic rings. The molecule has 0 aromatic carbocycles. The first-order valence-electron chi connectivity index (χ1n) is 7.89. The molecule has 0 radical (unpaired) electrons. The van der Waals surface area contributed by atoms with Crippen molar-refractivity contribution in [3.63, 3.8) is 0 Å². The fraction of sp³-hybridized carbons (Fsp3) is 0.938. The molecule has 1 N–H and O–H groups in total. The van der Waals surface area contributed by atoms with Gasteiger partial charge in [0.2, 0.25) is 0 Å². The summed E-state index contributed by atoms with van der Waals surface area (Å²) in [6.07, 6.45) is 0.878. The lowest BCUT2D eigenvalue weighted by Crippen LogP contribution is -2.50. The smallest absolute Gasteiger partial charge is 0.410 e. The van der Waals surface area contributed by atoms with Crippen LogP contribution < -0.4 is 5.32 Å². The summed E-state index contributed by atoms with van der Waals surface area (Å²) in [5.41, 5.74) is -0.713. The van der Waals surface area contributed by atoms with Gasteiger partial charge in [-0.15, -0.1) is 0 Å². The third-order valence-electron chi connectivity index (χ3n) is 3.39. The van der Waals surface area contributed by atoms with Gasteiger partial charge in [0.05, 0.1) is 6.61 Å². The lowest BCUT2D eigenvalue weighted by atomic mass is 10.1. The molecule has 1 saturated heterocycles. The van der Waals surface area contributed by atoms with Gasteiger partial charge >= 0.3 is 6.09 Å². The molecule has 0 aromatic heterocycles. The number of rotatable bonds is 5. The summed E-state index contributed by atoms with van der Waals surface area (Å²) < 4.78 is 10.9. The molecule has 0 saturated carbocycles. The minimum atomic E-state index is -0.463. The van der Waals surface area contributed by atoms with Crippen LogP contribution in [0.2, 0.25) is 0 Å². The van der Waals surface area contributed by atoms with E-state index in [1.54, 1.807) is 4.90 Å². The highest BCUT2D eigenvalue weighted by Gasteiger charge is 2.30. The summed E-state index contributed by atoms with van der Waals surface area (Å²) in [4.78, 5) is 14.1. The normalized spacial score (nSPS) is 19.6. The van der Waals surface area contributed by atoms with Crippen LogP contribution in [0.3, 0.4) is 0 Å². The highest BCUT2D eigenvalue weighted by Crippen LogP contribution is 2.18. The first-order chi connectivity index (χ1) is 9.59. The van der Waals surface area contributed by atoms with Crippen LogP contribution in [-0.2, 0) is 9.47 Å². The maximum absolute atomic E-state index is 12.3. The summed E-state index contributed by atoms with van der Waals surface area (Å²) in [6, 6.07) is 0. The predicted octanol–water partition coefficient (Wildman–Crippen LogP) is 2.65. The Kier molecular flexibility index (Phi) is 6.47. The molecule has 1 rings (SSSR count). The summed E-state index contributed by atoms with van der Waals surface area (Å²) in [5, 5.41) is 3.42. The van der Waals surface area contributed by atoms with E-state index < -0.39 is 5.60 Å². The van der Waals surface area contributed by atoms with Gasteiger partial charge in [0, 0.05) is 31.8 Å². The maximum atomic E-state index is 12.3. The predicted molar refractivity (Wildman–Crippen MR) is 84.5 cm³/mol. The first-order valence-corrected chi connectivity index (χ1v) is 7.89. The highest BCUT2D eigenvalue weighted by molar-refractivity contribution is 5.69. The second-order valence-corrected chi connectivity index (χ2v) is 7.74. The van der Waals surface area contributed by atoms with E-state index in [0.29, 0.717) is 12.5 Å². The van der Waals surface area contributed by atoms with E-state index >= 15 is 0 Å². The summed E-state index contributed by atoms with van der Waals surface area (Å²) >= 11 is 0. The highest BCUT2D eigenvalue weighted by atomic mass is 16.6. The van der Waals surface area contributed by atoms with Crippen LogP contribution in [0.15, 0.2) is 0 Å². The number of hydrogen-bond acceptors (Lipinski definition) is 4. The standard InChI is InChI=1S/C16H32N2O3/c1-15(2,3)18(14(19)21-16(4,5)6)9-8-17-11-13-7-10-20-12-13/h13,17H,7-12H2,1-6H3. The van der Waals surface area contributed by atoms with Crippen LogP contribution in [-0.4, -0.2) is 55.0 Å². The lowest BCUT2D eigenvalue weighted by Gasteiger charge is -2.37. The molecule has 1 unspecified atom stereocenters. The zero-order valence-electron chi connectivity index (χ0n) is 14.5. The molecule has 1 amide bonds. The molecule has 5 nitrogen and oxygen atoms in total. The molecule has 1 fully saturated rings. The molecule has 1 aliphatic heterocycles. The zero-order chi connectivity index (χ0) is 16.1. The van der Waals surface area contributed by atoms with Gasteiger partial charge in [-0.25, -0.2) is 4.79 Å². The summed E-state index contributed by atoms with van der Waals surface area (Å²) in [5.74, 6) is 0.606. The minimum absolute atomic E-state index is 0.249. The quantitative estimate of drug-likeness (QED) is 0.793. The van der Waals surface area contributed by atoms with Crippen LogP contribution in [0, 0.1) is 5.92 Å². The van der Waals surface area contributed by atoms with Crippen molar-refractivity contribution >= 4 is 6.09 Å². The average molecular weight is 300 g/mol. The van der Waals surface area contributed by atoms with E-state index in [9.17, 15) is 4.79 Å². The summed E-state index contributed by atoms with van der Waals surface area (Å²) in [7, 11) is 0. The van der Waals surface area contributed by atoms with E-state index in [0.717, 1.165) is 32.7 Å². The fourth-order valence-corrected chi connectivity index (χ4v) is 2.26. The number of amides is 1. The third-order valence-corrected chi connectivity index (χ3v) is 3.39. The van der Waals surface area contributed by atoms with Crippen LogP contribution in [0.4, 0.5) is 4.79 Å². The van der Waals surface area contributed by atoms with Gasteiger partial charge in [0.1, 0.15) is 5.60 Å². The van der Waals surface area contributed by atoms with Crippen molar-refractivity contribution in [2.45, 2.75) is 59.1 Å². The molecule has 1 aliphatic rings. The van der Waals surface area contributed by atoms with E-state index in [-0.39, 0.29) is 11.6 Å². The topological polar surface area (TPSA) is 50.8 Å². The Balaban J connectivity index is 2.41. The Labute approximate surface area is 129 Å². The third kappa shape index (κ3) is 7.14. The van der Waals surface area contributed by atoms with E-state index in [1.807, 2.05) is 41.5 Å². The van der Waals surface area contributed by atoms with E-state index in [2.05, 4.69) is 5.32 Å². The second kappa shape index (κ2) is 7.45. The van der Waals surface area contributed by atoms with E-state index in [4.69, 9.17) is 9.47 Å². The van der Waals surface area contributed by atoms with Crippen molar-refractivity contribution in [2.24, 2.45) is 5.92 Å². The molecular formula is C16H32N2O3. The Morgan fingerprint density at radius 3 is 2.43 bits per heavy atom. The Hall–Kier alpha value is -0.810. The van der Waals surface area contributed by atoms with Gasteiger partial charge in [0.25, 0.3) is 0 Å². The Morgan fingerprint density at radius 1 is 1.29 bits per heavy atom. The van der Waals surface area contributed by atoms with Crippen LogP contribution >= 0.6 is 0 Å². The molecule has 5 heteroatoms. The Morgan fingerprint density at radius 2 is 1.95 bits per heavy atom. The Bertz CT molecular complexity index is 325. The lowest BCUT2D eigenvalue weighted by molar-refractivity contribution is 0.00659. The molecule has 21 heavy (non-hydrogen) atoms. The number of nitrogens with zero attached hydrogens (tertiary/aromatic N) is 1. The number of nitrogens with one attached hydrogen (secondary N) is 1. The van der Waals surface area contributed by atoms with Crippen molar-refractivity contribution in [2.75, 3.05) is 32.8 Å². The molecule has 124 valence electrons. The van der Waals surface area contributed by atoms with Crippen molar-refractivity contribution in [3.8, 4) is 0 Å². The van der Waals surface area contributed by atoms with Gasteiger partial charge in [-0.1, -0.05) is 0 Å². The molecular weight excluding hydrogens is 268 g/mol. The van der Waals surface area contributed by atoms with Gasteiger partial charge in [-0.2, -0.15) is 0 Å². The van der Waals surface area contributed by atoms with Crippen molar-refractivity contribution in [1.82, 2.24) is 10.2 Å². The van der Waals surface area contributed by atoms with Gasteiger partial charge in [0.15, 0.2) is 0 Å². The number of ether oxygens (including phenoxy) is 2. The largest absolute Gasteiger partial charge is 0.444 e.